The number of hydrogen-bond acceptors (Lipinski definition) is 0. The zero-order valence-electron chi connectivity index (χ0n) is 13.6. The molecule has 0 aliphatic rings. The second-order valence-corrected chi connectivity index (χ2v) is 3.77. The summed E-state index contributed by atoms with van der Waals surface area (Å²) in [6, 6.07) is 0. The van der Waals surface area contributed by atoms with E-state index in [9.17, 15) is 0 Å². The summed E-state index contributed by atoms with van der Waals surface area (Å²) in [6.45, 7) is 22.9. The first-order valence-corrected chi connectivity index (χ1v) is 7.20. The number of allylic oxidation sites excluding steroid dienone is 1. The van der Waals surface area contributed by atoms with Crippen molar-refractivity contribution in [1.82, 2.24) is 0 Å². The van der Waals surface area contributed by atoms with Crippen LogP contribution in [-0.4, -0.2) is 0 Å². The summed E-state index contributed by atoms with van der Waals surface area (Å²) in [4.78, 5) is 0. The summed E-state index contributed by atoms with van der Waals surface area (Å²) in [7, 11) is 0. The van der Waals surface area contributed by atoms with Gasteiger partial charge in [-0.3, -0.25) is 0 Å². The molecule has 0 aliphatic heterocycles. The molecule has 0 spiro atoms. The molecule has 0 N–H and O–H groups in total. The fraction of sp³-hybridized carbons (Fsp3) is 0.875. The van der Waals surface area contributed by atoms with Crippen LogP contribution in [0.2, 0.25) is 0 Å². The molecule has 0 fully saturated rings. The molecule has 0 aromatic heterocycles. The van der Waals surface area contributed by atoms with Crippen LogP contribution < -0.4 is 0 Å². The standard InChI is InChI=1S/C8H16.2C3H8.C2H6/c1-5-8(6-2)7(3)4;2*1-3-2;1-2/h8H,3,5-6H2,1-2,4H3;2*3H2,1-2H3;1-2H3. The van der Waals surface area contributed by atoms with Crippen molar-refractivity contribution in [3.8, 4) is 0 Å². The Morgan fingerprint density at radius 2 is 1.00 bits per heavy atom. The van der Waals surface area contributed by atoms with E-state index in [0.29, 0.717) is 0 Å². The molecule has 0 nitrogen and oxygen atoms in total. The second kappa shape index (κ2) is 29.3. The molecule has 102 valence electrons. The van der Waals surface area contributed by atoms with E-state index >= 15 is 0 Å². The van der Waals surface area contributed by atoms with Gasteiger partial charge in [0.2, 0.25) is 0 Å². The van der Waals surface area contributed by atoms with Crippen molar-refractivity contribution in [3.63, 3.8) is 0 Å². The average molecular weight is 230 g/mol. The summed E-state index contributed by atoms with van der Waals surface area (Å²) < 4.78 is 0. The lowest BCUT2D eigenvalue weighted by Gasteiger charge is -2.09. The third-order valence-corrected chi connectivity index (χ3v) is 1.68. The largest absolute Gasteiger partial charge is 0.0999 e. The van der Waals surface area contributed by atoms with Crippen LogP contribution >= 0.6 is 0 Å². The van der Waals surface area contributed by atoms with Crippen LogP contribution in [0.5, 0.6) is 0 Å². The number of rotatable bonds is 3. The fourth-order valence-corrected chi connectivity index (χ4v) is 0.986. The van der Waals surface area contributed by atoms with Crippen LogP contribution in [0.3, 0.4) is 0 Å². The molecule has 0 aromatic rings. The highest BCUT2D eigenvalue weighted by Gasteiger charge is 2.00. The normalized spacial score (nSPS) is 7.62. The SMILES string of the molecule is C=C(C)C(CC)CC.CC.CCC.CCC. The van der Waals surface area contributed by atoms with Gasteiger partial charge in [-0.1, -0.05) is 80.4 Å². The highest BCUT2D eigenvalue weighted by Crippen LogP contribution is 2.15. The molecule has 0 unspecified atom stereocenters. The lowest BCUT2D eigenvalue weighted by Crippen LogP contribution is -1.95. The second-order valence-electron chi connectivity index (χ2n) is 3.77. The van der Waals surface area contributed by atoms with E-state index in [4.69, 9.17) is 0 Å². The summed E-state index contributed by atoms with van der Waals surface area (Å²) in [6.07, 6.45) is 4.98. The van der Waals surface area contributed by atoms with Crippen molar-refractivity contribution < 1.29 is 0 Å². The Morgan fingerprint density at radius 3 is 1.00 bits per heavy atom. The molecule has 16 heavy (non-hydrogen) atoms. The Morgan fingerprint density at radius 1 is 0.812 bits per heavy atom. The zero-order chi connectivity index (χ0) is 14.0. The van der Waals surface area contributed by atoms with Crippen molar-refractivity contribution in [2.45, 2.75) is 88.0 Å². The Bertz CT molecular complexity index is 86.2. The van der Waals surface area contributed by atoms with Gasteiger partial charge in [0.25, 0.3) is 0 Å². The Hall–Kier alpha value is -0.260. The van der Waals surface area contributed by atoms with Gasteiger partial charge in [0.05, 0.1) is 0 Å². The predicted molar refractivity (Wildman–Crippen MR) is 82.2 cm³/mol. The van der Waals surface area contributed by atoms with Gasteiger partial charge in [-0.05, 0) is 25.7 Å². The van der Waals surface area contributed by atoms with Gasteiger partial charge in [-0.25, -0.2) is 0 Å². The molecular formula is C16H38. The highest BCUT2D eigenvalue weighted by atomic mass is 14.1. The molecule has 0 rings (SSSR count). The van der Waals surface area contributed by atoms with Gasteiger partial charge >= 0.3 is 0 Å². The maximum atomic E-state index is 3.90. The molecule has 0 heteroatoms. The lowest BCUT2D eigenvalue weighted by molar-refractivity contribution is 0.574. The summed E-state index contributed by atoms with van der Waals surface area (Å²) in [5.74, 6) is 0.759. The quantitative estimate of drug-likeness (QED) is 0.465. The van der Waals surface area contributed by atoms with Crippen LogP contribution in [0.4, 0.5) is 0 Å². The molecular weight excluding hydrogens is 192 g/mol. The number of hydrogen-bond donors (Lipinski definition) is 0. The molecule has 0 amide bonds. The van der Waals surface area contributed by atoms with Gasteiger partial charge in [-0.15, -0.1) is 0 Å². The topological polar surface area (TPSA) is 0 Å². The minimum atomic E-state index is 0.759. The smallest absolute Gasteiger partial charge is 0.0214 e. The van der Waals surface area contributed by atoms with Crippen LogP contribution in [0.1, 0.15) is 88.0 Å². The molecule has 0 atom stereocenters. The first-order chi connectivity index (χ1) is 7.55. The summed E-state index contributed by atoms with van der Waals surface area (Å²) in [5.41, 5.74) is 1.33. The Labute approximate surface area is 107 Å². The van der Waals surface area contributed by atoms with Gasteiger partial charge in [0.1, 0.15) is 0 Å². The Balaban J connectivity index is -0.0000000752. The third kappa shape index (κ3) is 37.2. The third-order valence-electron chi connectivity index (χ3n) is 1.68. The van der Waals surface area contributed by atoms with Crippen LogP contribution in [-0.2, 0) is 0 Å². The van der Waals surface area contributed by atoms with Gasteiger partial charge < -0.3 is 0 Å². The van der Waals surface area contributed by atoms with E-state index < -0.39 is 0 Å². The molecule has 0 aromatic carbocycles. The molecule has 0 aliphatic carbocycles. The first-order valence-electron chi connectivity index (χ1n) is 7.20. The minimum Gasteiger partial charge on any atom is -0.0999 e. The van der Waals surface area contributed by atoms with E-state index in [1.54, 1.807) is 0 Å². The van der Waals surface area contributed by atoms with Crippen LogP contribution in [0.25, 0.3) is 0 Å². The fourth-order valence-electron chi connectivity index (χ4n) is 0.986. The van der Waals surface area contributed by atoms with Crippen LogP contribution in [0, 0.1) is 5.92 Å². The molecule has 0 saturated carbocycles. The van der Waals surface area contributed by atoms with Crippen molar-refractivity contribution in [2.24, 2.45) is 5.92 Å². The zero-order valence-corrected chi connectivity index (χ0v) is 13.6. The molecule has 0 heterocycles. The average Bonchev–Trinajstić information content (AvgIpc) is 2.24. The van der Waals surface area contributed by atoms with E-state index in [0.717, 1.165) is 5.92 Å². The summed E-state index contributed by atoms with van der Waals surface area (Å²) in [5, 5.41) is 0. The Kier molecular flexibility index (Phi) is 45.5. The molecule has 0 radical (unpaired) electrons. The monoisotopic (exact) mass is 230 g/mol. The highest BCUT2D eigenvalue weighted by molar-refractivity contribution is 4.94. The van der Waals surface area contributed by atoms with Gasteiger partial charge in [0.15, 0.2) is 0 Å². The van der Waals surface area contributed by atoms with Gasteiger partial charge in [0, 0.05) is 0 Å². The van der Waals surface area contributed by atoms with Crippen molar-refractivity contribution in [1.29, 1.82) is 0 Å². The molecule has 0 saturated heterocycles. The van der Waals surface area contributed by atoms with E-state index in [-0.39, 0.29) is 0 Å². The maximum Gasteiger partial charge on any atom is -0.0214 e. The molecule has 0 bridgehead atoms. The van der Waals surface area contributed by atoms with Crippen LogP contribution in [0.15, 0.2) is 12.2 Å². The van der Waals surface area contributed by atoms with Crippen molar-refractivity contribution in [2.75, 3.05) is 0 Å². The van der Waals surface area contributed by atoms with Crippen molar-refractivity contribution in [3.05, 3.63) is 12.2 Å². The van der Waals surface area contributed by atoms with E-state index in [2.05, 4.69) is 55.0 Å². The van der Waals surface area contributed by atoms with E-state index in [1.807, 2.05) is 13.8 Å². The lowest BCUT2D eigenvalue weighted by atomic mass is 9.97. The maximum absolute atomic E-state index is 3.90. The minimum absolute atomic E-state index is 0.759. The van der Waals surface area contributed by atoms with Crippen molar-refractivity contribution >= 4 is 0 Å². The first kappa shape index (κ1) is 24.8. The van der Waals surface area contributed by atoms with E-state index in [1.165, 1.54) is 31.3 Å². The summed E-state index contributed by atoms with van der Waals surface area (Å²) >= 11 is 0. The van der Waals surface area contributed by atoms with Gasteiger partial charge in [-0.2, -0.15) is 0 Å². The predicted octanol–water partition coefficient (Wildman–Crippen LogP) is 6.86.